The van der Waals surface area contributed by atoms with Gasteiger partial charge in [0.15, 0.2) is 0 Å². The van der Waals surface area contributed by atoms with Gasteiger partial charge in [0.1, 0.15) is 18.1 Å². The molecule has 1 aromatic carbocycles. The average molecular weight is 558 g/mol. The van der Waals surface area contributed by atoms with E-state index in [0.717, 1.165) is 37.3 Å². The predicted molar refractivity (Wildman–Crippen MR) is 156 cm³/mol. The van der Waals surface area contributed by atoms with Crippen molar-refractivity contribution in [2.75, 3.05) is 39.8 Å². The van der Waals surface area contributed by atoms with E-state index in [2.05, 4.69) is 39.4 Å². The van der Waals surface area contributed by atoms with Gasteiger partial charge in [-0.25, -0.2) is 4.79 Å². The first kappa shape index (κ1) is 33.0. The van der Waals surface area contributed by atoms with Crippen LogP contribution in [-0.2, 0) is 25.6 Å². The zero-order valence-electron chi connectivity index (χ0n) is 24.4. The van der Waals surface area contributed by atoms with Crippen molar-refractivity contribution in [3.8, 4) is 0 Å². The van der Waals surface area contributed by atoms with Crippen LogP contribution in [0.1, 0.15) is 52.0 Å². The Morgan fingerprint density at radius 3 is 2.10 bits per heavy atom. The Morgan fingerprint density at radius 2 is 1.52 bits per heavy atom. The van der Waals surface area contributed by atoms with Crippen LogP contribution in [0.4, 0.5) is 0 Å². The van der Waals surface area contributed by atoms with Gasteiger partial charge in [0.2, 0.25) is 17.7 Å². The number of carbonyl (C=O) groups excluding carboxylic acids is 3. The SMILES string of the molecule is C=C(CC(=O)N[C@@H](CCc1ccccc1)C(=O)N[C@@H](CC(C)C)C(=O)N[C@@H](CC)C(=O)O)CN1CCN(C)CC1. The lowest BCUT2D eigenvalue weighted by molar-refractivity contribution is -0.142. The molecule has 0 aliphatic carbocycles. The van der Waals surface area contributed by atoms with Crippen molar-refractivity contribution in [3.63, 3.8) is 0 Å². The quantitative estimate of drug-likeness (QED) is 0.228. The summed E-state index contributed by atoms with van der Waals surface area (Å²) in [7, 11) is 2.09. The van der Waals surface area contributed by atoms with Crippen LogP contribution in [0.2, 0.25) is 0 Å². The number of nitrogens with zero attached hydrogens (tertiary/aromatic N) is 2. The largest absolute Gasteiger partial charge is 0.480 e. The third-order valence-electron chi connectivity index (χ3n) is 7.03. The van der Waals surface area contributed by atoms with Gasteiger partial charge in [0, 0.05) is 39.1 Å². The Bertz CT molecular complexity index is 991. The highest BCUT2D eigenvalue weighted by Gasteiger charge is 2.29. The molecule has 2 rings (SSSR count). The maximum Gasteiger partial charge on any atom is 0.326 e. The van der Waals surface area contributed by atoms with Gasteiger partial charge in [-0.2, -0.15) is 0 Å². The summed E-state index contributed by atoms with van der Waals surface area (Å²) in [6, 6.07) is 6.83. The van der Waals surface area contributed by atoms with Gasteiger partial charge in [-0.05, 0) is 44.2 Å². The number of hydrogen-bond acceptors (Lipinski definition) is 6. The van der Waals surface area contributed by atoms with Crippen molar-refractivity contribution >= 4 is 23.7 Å². The van der Waals surface area contributed by atoms with E-state index in [0.29, 0.717) is 25.8 Å². The summed E-state index contributed by atoms with van der Waals surface area (Å²) >= 11 is 0. The molecule has 1 aliphatic rings. The van der Waals surface area contributed by atoms with E-state index in [9.17, 15) is 24.3 Å². The molecule has 1 fully saturated rings. The van der Waals surface area contributed by atoms with Crippen LogP contribution in [0, 0.1) is 5.92 Å². The first-order valence-electron chi connectivity index (χ1n) is 14.2. The van der Waals surface area contributed by atoms with E-state index < -0.39 is 35.9 Å². The first-order chi connectivity index (χ1) is 19.0. The minimum absolute atomic E-state index is 0.0659. The van der Waals surface area contributed by atoms with Gasteiger partial charge >= 0.3 is 5.97 Å². The Hall–Kier alpha value is -3.24. The summed E-state index contributed by atoms with van der Waals surface area (Å²) in [6.45, 7) is 14.0. The molecule has 1 saturated heterocycles. The van der Waals surface area contributed by atoms with Crippen LogP contribution >= 0.6 is 0 Å². The fraction of sp³-hybridized carbons (Fsp3) is 0.600. The molecule has 3 atom stereocenters. The van der Waals surface area contributed by atoms with Crippen LogP contribution in [0.15, 0.2) is 42.5 Å². The highest BCUT2D eigenvalue weighted by molar-refractivity contribution is 5.93. The van der Waals surface area contributed by atoms with E-state index in [1.807, 2.05) is 44.2 Å². The molecule has 1 heterocycles. The number of nitrogens with one attached hydrogen (secondary N) is 3. The fourth-order valence-corrected chi connectivity index (χ4v) is 4.66. The number of carbonyl (C=O) groups is 4. The Labute approximate surface area is 238 Å². The van der Waals surface area contributed by atoms with E-state index in [1.165, 1.54) is 0 Å². The van der Waals surface area contributed by atoms with Crippen molar-refractivity contribution in [2.24, 2.45) is 5.92 Å². The zero-order chi connectivity index (χ0) is 29.7. The number of rotatable bonds is 16. The second-order valence-electron chi connectivity index (χ2n) is 11.1. The number of carboxylic acid groups (broad SMARTS) is 1. The van der Waals surface area contributed by atoms with Gasteiger partial charge in [-0.1, -0.05) is 63.3 Å². The summed E-state index contributed by atoms with van der Waals surface area (Å²) in [6.07, 6.45) is 1.55. The molecule has 10 nitrogen and oxygen atoms in total. The highest BCUT2D eigenvalue weighted by atomic mass is 16.4. The molecule has 4 N–H and O–H groups in total. The van der Waals surface area contributed by atoms with Crippen molar-refractivity contribution in [3.05, 3.63) is 48.0 Å². The van der Waals surface area contributed by atoms with Gasteiger partial charge < -0.3 is 26.0 Å². The molecular formula is C30H47N5O5. The minimum atomic E-state index is -1.13. The number of amides is 3. The van der Waals surface area contributed by atoms with Crippen molar-refractivity contribution in [1.82, 2.24) is 25.8 Å². The summed E-state index contributed by atoms with van der Waals surface area (Å²) < 4.78 is 0. The van der Waals surface area contributed by atoms with Crippen LogP contribution in [0.3, 0.4) is 0 Å². The molecule has 0 bridgehead atoms. The average Bonchev–Trinajstić information content (AvgIpc) is 2.90. The number of carboxylic acids is 1. The smallest absolute Gasteiger partial charge is 0.326 e. The molecular weight excluding hydrogens is 510 g/mol. The number of benzene rings is 1. The summed E-state index contributed by atoms with van der Waals surface area (Å²) in [5, 5.41) is 17.5. The Morgan fingerprint density at radius 1 is 0.925 bits per heavy atom. The van der Waals surface area contributed by atoms with E-state index in [4.69, 9.17) is 0 Å². The van der Waals surface area contributed by atoms with E-state index >= 15 is 0 Å². The maximum atomic E-state index is 13.5. The van der Waals surface area contributed by atoms with E-state index in [-0.39, 0.29) is 24.7 Å². The molecule has 222 valence electrons. The van der Waals surface area contributed by atoms with E-state index in [1.54, 1.807) is 6.92 Å². The molecule has 0 aromatic heterocycles. The molecule has 10 heteroatoms. The number of aliphatic carboxylic acids is 1. The number of aryl methyl sites for hydroxylation is 1. The van der Waals surface area contributed by atoms with Crippen LogP contribution < -0.4 is 16.0 Å². The lowest BCUT2D eigenvalue weighted by Crippen LogP contribution is -2.56. The number of piperazine rings is 1. The highest BCUT2D eigenvalue weighted by Crippen LogP contribution is 2.11. The van der Waals surface area contributed by atoms with Gasteiger partial charge in [-0.3, -0.25) is 19.3 Å². The molecule has 1 aliphatic heterocycles. The molecule has 3 amide bonds. The predicted octanol–water partition coefficient (Wildman–Crippen LogP) is 1.81. The Kier molecular flexibility index (Phi) is 13.8. The van der Waals surface area contributed by atoms with Gasteiger partial charge in [-0.15, -0.1) is 0 Å². The minimum Gasteiger partial charge on any atom is -0.480 e. The number of likely N-dealkylation sites (N-methyl/N-ethyl adjacent to an activating group) is 1. The topological polar surface area (TPSA) is 131 Å². The van der Waals surface area contributed by atoms with Gasteiger partial charge in [0.25, 0.3) is 0 Å². The summed E-state index contributed by atoms with van der Waals surface area (Å²) in [5.74, 6) is -2.39. The van der Waals surface area contributed by atoms with Crippen molar-refractivity contribution in [2.45, 2.75) is 71.0 Å². The molecule has 0 saturated carbocycles. The molecule has 1 aromatic rings. The van der Waals surface area contributed by atoms with Crippen LogP contribution in [0.25, 0.3) is 0 Å². The zero-order valence-corrected chi connectivity index (χ0v) is 24.4. The molecule has 0 radical (unpaired) electrons. The normalized spacial score (nSPS) is 16.5. The van der Waals surface area contributed by atoms with Crippen LogP contribution in [-0.4, -0.2) is 96.5 Å². The third kappa shape index (κ3) is 11.9. The summed E-state index contributed by atoms with van der Waals surface area (Å²) in [4.78, 5) is 55.4. The maximum absolute atomic E-state index is 13.5. The fourth-order valence-electron chi connectivity index (χ4n) is 4.66. The van der Waals surface area contributed by atoms with Gasteiger partial charge in [0.05, 0.1) is 0 Å². The second kappa shape index (κ2) is 16.8. The Balaban J connectivity index is 2.08. The molecule has 0 spiro atoms. The standard InChI is InChI=1S/C30H47N5O5/c1-6-24(30(39)40)32-29(38)26(18-21(2)3)33-28(37)25(13-12-23-10-8-7-9-11-23)31-27(36)19-22(4)20-35-16-14-34(5)15-17-35/h7-11,21,24-26H,4,6,12-20H2,1-3,5H3,(H,31,36)(H,32,38)(H,33,37)(H,39,40)/t24-,25-,26-/m0/s1. The third-order valence-corrected chi connectivity index (χ3v) is 7.03. The lowest BCUT2D eigenvalue weighted by Gasteiger charge is -2.32. The van der Waals surface area contributed by atoms with Crippen molar-refractivity contribution in [1.29, 1.82) is 0 Å². The van der Waals surface area contributed by atoms with Crippen LogP contribution in [0.5, 0.6) is 0 Å². The molecule has 40 heavy (non-hydrogen) atoms. The van der Waals surface area contributed by atoms with Crippen molar-refractivity contribution < 1.29 is 24.3 Å². The number of hydrogen-bond donors (Lipinski definition) is 4. The summed E-state index contributed by atoms with van der Waals surface area (Å²) in [5.41, 5.74) is 1.80. The monoisotopic (exact) mass is 557 g/mol. The first-order valence-corrected chi connectivity index (χ1v) is 14.2. The molecule has 0 unspecified atom stereocenters. The second-order valence-corrected chi connectivity index (χ2v) is 11.1. The lowest BCUT2D eigenvalue weighted by atomic mass is 10.0.